The van der Waals surface area contributed by atoms with Gasteiger partial charge in [0, 0.05) is 12.7 Å². The zero-order chi connectivity index (χ0) is 11.9. The first-order valence-electron chi connectivity index (χ1n) is 4.85. The van der Waals surface area contributed by atoms with E-state index in [0.717, 1.165) is 5.69 Å². The van der Waals surface area contributed by atoms with Crippen LogP contribution in [0.1, 0.15) is 16.1 Å². The highest BCUT2D eigenvalue weighted by molar-refractivity contribution is 6.03. The summed E-state index contributed by atoms with van der Waals surface area (Å²) in [5.74, 6) is -1.08. The van der Waals surface area contributed by atoms with Crippen LogP contribution >= 0.6 is 0 Å². The molecule has 1 heterocycles. The number of carbonyl (C=O) groups is 1. The molecule has 0 fully saturated rings. The Kier molecular flexibility index (Phi) is 2.27. The van der Waals surface area contributed by atoms with Crippen molar-refractivity contribution in [1.82, 2.24) is 4.57 Å². The maximum atomic E-state index is 12.0. The lowest BCUT2D eigenvalue weighted by Crippen LogP contribution is -2.20. The molecule has 0 aliphatic rings. The number of hydrogen-bond donors (Lipinski definition) is 1. The molecule has 0 saturated heterocycles. The summed E-state index contributed by atoms with van der Waals surface area (Å²) in [7, 11) is 1.63. The number of carboxylic acids is 1. The third kappa shape index (κ3) is 1.39. The van der Waals surface area contributed by atoms with E-state index in [1.165, 1.54) is 10.6 Å². The molecule has 16 heavy (non-hydrogen) atoms. The minimum atomic E-state index is -1.08. The molecule has 0 aliphatic heterocycles. The number of aromatic carboxylic acids is 1. The van der Waals surface area contributed by atoms with E-state index in [9.17, 15) is 9.59 Å². The molecule has 0 aliphatic carbocycles. The first kappa shape index (κ1) is 10.4. The maximum absolute atomic E-state index is 12.0. The molecule has 0 spiro atoms. The van der Waals surface area contributed by atoms with Crippen LogP contribution in [0.5, 0.6) is 0 Å². The molecule has 1 N–H and O–H groups in total. The van der Waals surface area contributed by atoms with Gasteiger partial charge in [0.2, 0.25) is 0 Å². The molecule has 0 radical (unpaired) electrons. The van der Waals surface area contributed by atoms with Crippen molar-refractivity contribution in [2.45, 2.75) is 6.92 Å². The molecule has 2 rings (SSSR count). The average molecular weight is 217 g/mol. The van der Waals surface area contributed by atoms with E-state index in [4.69, 9.17) is 5.11 Å². The second-order valence-electron chi connectivity index (χ2n) is 3.72. The van der Waals surface area contributed by atoms with Crippen molar-refractivity contribution in [1.29, 1.82) is 0 Å². The second kappa shape index (κ2) is 3.48. The molecule has 0 unspecified atom stereocenters. The van der Waals surface area contributed by atoms with Crippen molar-refractivity contribution >= 4 is 16.7 Å². The fourth-order valence-corrected chi connectivity index (χ4v) is 1.76. The molecule has 4 nitrogen and oxygen atoms in total. The molecule has 2 aromatic rings. The Morgan fingerprint density at radius 3 is 2.69 bits per heavy atom. The summed E-state index contributed by atoms with van der Waals surface area (Å²) in [5, 5.41) is 9.95. The molecule has 0 amide bonds. The largest absolute Gasteiger partial charge is 0.478 e. The Morgan fingerprint density at radius 1 is 1.38 bits per heavy atom. The smallest absolute Gasteiger partial charge is 0.336 e. The van der Waals surface area contributed by atoms with E-state index < -0.39 is 5.97 Å². The first-order valence-corrected chi connectivity index (χ1v) is 4.85. The lowest BCUT2D eigenvalue weighted by Gasteiger charge is -2.07. The summed E-state index contributed by atoms with van der Waals surface area (Å²) in [6, 6.07) is 6.64. The van der Waals surface area contributed by atoms with E-state index in [-0.39, 0.29) is 16.5 Å². The van der Waals surface area contributed by atoms with Crippen LogP contribution < -0.4 is 5.56 Å². The number of nitrogens with zero attached hydrogens (tertiary/aromatic N) is 1. The van der Waals surface area contributed by atoms with E-state index >= 15 is 0 Å². The molecule has 0 bridgehead atoms. The number of pyridine rings is 1. The molecule has 82 valence electrons. The van der Waals surface area contributed by atoms with Crippen LogP contribution in [0, 0.1) is 6.92 Å². The number of aryl methyl sites for hydroxylation is 1. The van der Waals surface area contributed by atoms with Gasteiger partial charge >= 0.3 is 5.97 Å². The SMILES string of the molecule is Cc1cc2cccc(C(=O)O)c2c(=O)n1C. The zero-order valence-electron chi connectivity index (χ0n) is 9.02. The van der Waals surface area contributed by atoms with Crippen molar-refractivity contribution in [2.75, 3.05) is 0 Å². The molecular weight excluding hydrogens is 206 g/mol. The maximum Gasteiger partial charge on any atom is 0.336 e. The fraction of sp³-hybridized carbons (Fsp3) is 0.167. The van der Waals surface area contributed by atoms with E-state index in [1.807, 2.05) is 13.0 Å². The van der Waals surface area contributed by atoms with Gasteiger partial charge < -0.3 is 9.67 Å². The van der Waals surface area contributed by atoms with Gasteiger partial charge in [0.1, 0.15) is 0 Å². The fourth-order valence-electron chi connectivity index (χ4n) is 1.76. The van der Waals surface area contributed by atoms with Crippen LogP contribution in [0.3, 0.4) is 0 Å². The third-order valence-corrected chi connectivity index (χ3v) is 2.74. The number of benzene rings is 1. The predicted octanol–water partition coefficient (Wildman–Crippen LogP) is 1.55. The van der Waals surface area contributed by atoms with Gasteiger partial charge in [-0.2, -0.15) is 0 Å². The third-order valence-electron chi connectivity index (χ3n) is 2.74. The summed E-state index contributed by atoms with van der Waals surface area (Å²) >= 11 is 0. The lowest BCUT2D eigenvalue weighted by molar-refractivity contribution is 0.0699. The molecule has 1 aromatic carbocycles. The normalized spacial score (nSPS) is 10.6. The van der Waals surface area contributed by atoms with E-state index in [2.05, 4.69) is 0 Å². The Hall–Kier alpha value is -2.10. The minimum absolute atomic E-state index is 0.0538. The van der Waals surface area contributed by atoms with Gasteiger partial charge in [0.25, 0.3) is 5.56 Å². The van der Waals surface area contributed by atoms with Crippen LogP contribution in [-0.4, -0.2) is 15.6 Å². The topological polar surface area (TPSA) is 59.3 Å². The molecule has 1 aromatic heterocycles. The number of fused-ring (bicyclic) bond motifs is 1. The van der Waals surface area contributed by atoms with E-state index in [0.29, 0.717) is 5.39 Å². The second-order valence-corrected chi connectivity index (χ2v) is 3.72. The highest BCUT2D eigenvalue weighted by atomic mass is 16.4. The molecule has 4 heteroatoms. The number of hydrogen-bond acceptors (Lipinski definition) is 2. The van der Waals surface area contributed by atoms with E-state index in [1.54, 1.807) is 19.2 Å². The predicted molar refractivity (Wildman–Crippen MR) is 60.9 cm³/mol. The average Bonchev–Trinajstić information content (AvgIpc) is 2.25. The van der Waals surface area contributed by atoms with Gasteiger partial charge in [-0.3, -0.25) is 4.79 Å². The Balaban J connectivity index is 3.04. The standard InChI is InChI=1S/C12H11NO3/c1-7-6-8-4-3-5-9(12(15)16)10(8)11(14)13(7)2/h3-6H,1-2H3,(H,15,16). The molecular formula is C12H11NO3. The Morgan fingerprint density at radius 2 is 2.06 bits per heavy atom. The van der Waals surface area contributed by atoms with Crippen molar-refractivity contribution in [3.05, 3.63) is 45.9 Å². The van der Waals surface area contributed by atoms with Gasteiger partial charge in [0.05, 0.1) is 10.9 Å². The Bertz CT molecular complexity index is 640. The van der Waals surface area contributed by atoms with Gasteiger partial charge in [-0.1, -0.05) is 12.1 Å². The summed E-state index contributed by atoms with van der Waals surface area (Å²) < 4.78 is 1.45. The van der Waals surface area contributed by atoms with Crippen LogP contribution in [0.2, 0.25) is 0 Å². The minimum Gasteiger partial charge on any atom is -0.478 e. The molecule has 0 atom stereocenters. The zero-order valence-corrected chi connectivity index (χ0v) is 9.02. The van der Waals surface area contributed by atoms with Crippen LogP contribution in [0.15, 0.2) is 29.1 Å². The van der Waals surface area contributed by atoms with Crippen molar-refractivity contribution in [3.8, 4) is 0 Å². The highest BCUT2D eigenvalue weighted by Gasteiger charge is 2.12. The lowest BCUT2D eigenvalue weighted by atomic mass is 10.1. The summed E-state index contributed by atoms with van der Waals surface area (Å²) in [5.41, 5.74) is 0.589. The summed E-state index contributed by atoms with van der Waals surface area (Å²) in [4.78, 5) is 23.0. The summed E-state index contributed by atoms with van der Waals surface area (Å²) in [6.45, 7) is 1.81. The number of carboxylic acid groups (broad SMARTS) is 1. The number of rotatable bonds is 1. The van der Waals surface area contributed by atoms with Crippen molar-refractivity contribution in [3.63, 3.8) is 0 Å². The van der Waals surface area contributed by atoms with Gasteiger partial charge in [-0.15, -0.1) is 0 Å². The van der Waals surface area contributed by atoms with Crippen LogP contribution in [0.4, 0.5) is 0 Å². The van der Waals surface area contributed by atoms with Crippen molar-refractivity contribution in [2.24, 2.45) is 7.05 Å². The highest BCUT2D eigenvalue weighted by Crippen LogP contribution is 2.16. The van der Waals surface area contributed by atoms with Gasteiger partial charge in [-0.05, 0) is 24.4 Å². The quantitative estimate of drug-likeness (QED) is 0.788. The first-order chi connectivity index (χ1) is 7.52. The summed E-state index contributed by atoms with van der Waals surface area (Å²) in [6.07, 6.45) is 0. The Labute approximate surface area is 91.8 Å². The van der Waals surface area contributed by atoms with Crippen LogP contribution in [-0.2, 0) is 7.05 Å². The van der Waals surface area contributed by atoms with Gasteiger partial charge in [-0.25, -0.2) is 4.79 Å². The van der Waals surface area contributed by atoms with Crippen molar-refractivity contribution < 1.29 is 9.90 Å². The van der Waals surface area contributed by atoms with Gasteiger partial charge in [0.15, 0.2) is 0 Å². The monoisotopic (exact) mass is 217 g/mol. The number of aromatic nitrogens is 1. The molecule has 0 saturated carbocycles. The van der Waals surface area contributed by atoms with Crippen LogP contribution in [0.25, 0.3) is 10.8 Å².